The molecule has 3 aromatic heterocycles. The zero-order valence-electron chi connectivity index (χ0n) is 21.7. The molecule has 0 radical (unpaired) electrons. The molecule has 9 heteroatoms. The van der Waals surface area contributed by atoms with Gasteiger partial charge >= 0.3 is 0 Å². The Bertz CT molecular complexity index is 1470. The summed E-state index contributed by atoms with van der Waals surface area (Å²) in [4.78, 5) is 29.6. The molecular formula is C29H32FN7O. The van der Waals surface area contributed by atoms with Crippen molar-refractivity contribution >= 4 is 34.1 Å². The lowest BCUT2D eigenvalue weighted by atomic mass is 10.0. The number of nitrogens with one attached hydrogen (secondary N) is 3. The van der Waals surface area contributed by atoms with Gasteiger partial charge in [-0.05, 0) is 55.9 Å². The van der Waals surface area contributed by atoms with Crippen LogP contribution in [0, 0.1) is 11.9 Å². The number of pyridine rings is 1. The Morgan fingerprint density at radius 3 is 2.68 bits per heavy atom. The maximum atomic E-state index is 15.3. The second kappa shape index (κ2) is 10.6. The van der Waals surface area contributed by atoms with Gasteiger partial charge in [0.1, 0.15) is 23.6 Å². The van der Waals surface area contributed by atoms with Crippen molar-refractivity contribution in [3.05, 3.63) is 84.4 Å². The van der Waals surface area contributed by atoms with Crippen molar-refractivity contribution in [1.29, 1.82) is 0 Å². The SMILES string of the molecule is C=C(c1ccc(NC(/C=C\C(=C)C2CC2)=C/C)nc1F)c1c[nH]c2ncnc(NC3CCN(C(C)=O)C3)c12. The Morgan fingerprint density at radius 2 is 2.00 bits per heavy atom. The third-order valence-electron chi connectivity index (χ3n) is 7.11. The molecule has 1 atom stereocenters. The number of hydrogen-bond donors (Lipinski definition) is 3. The Morgan fingerprint density at radius 1 is 1.18 bits per heavy atom. The third kappa shape index (κ3) is 5.37. The molecule has 2 aliphatic rings. The Labute approximate surface area is 221 Å². The highest BCUT2D eigenvalue weighted by Crippen LogP contribution is 2.36. The maximum Gasteiger partial charge on any atom is 0.222 e. The van der Waals surface area contributed by atoms with E-state index in [0.717, 1.165) is 23.1 Å². The van der Waals surface area contributed by atoms with Gasteiger partial charge in [0.25, 0.3) is 0 Å². The monoisotopic (exact) mass is 513 g/mol. The van der Waals surface area contributed by atoms with Crippen LogP contribution < -0.4 is 10.6 Å². The summed E-state index contributed by atoms with van der Waals surface area (Å²) < 4.78 is 15.3. The van der Waals surface area contributed by atoms with E-state index in [1.54, 1.807) is 25.3 Å². The van der Waals surface area contributed by atoms with Crippen molar-refractivity contribution in [1.82, 2.24) is 24.8 Å². The summed E-state index contributed by atoms with van der Waals surface area (Å²) in [5.74, 6) is 1.03. The topological polar surface area (TPSA) is 98.8 Å². The second-order valence-corrected chi connectivity index (χ2v) is 9.81. The third-order valence-corrected chi connectivity index (χ3v) is 7.11. The van der Waals surface area contributed by atoms with E-state index in [1.165, 1.54) is 19.2 Å². The average Bonchev–Trinajstić information content (AvgIpc) is 3.49. The van der Waals surface area contributed by atoms with Gasteiger partial charge in [-0.25, -0.2) is 15.0 Å². The van der Waals surface area contributed by atoms with E-state index in [1.807, 2.05) is 30.1 Å². The van der Waals surface area contributed by atoms with Crippen LogP contribution in [0.5, 0.6) is 0 Å². The highest BCUT2D eigenvalue weighted by molar-refractivity contribution is 6.00. The summed E-state index contributed by atoms with van der Waals surface area (Å²) in [6.07, 6.45) is 12.3. The van der Waals surface area contributed by atoms with Crippen LogP contribution in [0.15, 0.2) is 67.3 Å². The van der Waals surface area contributed by atoms with Crippen LogP contribution in [0.1, 0.15) is 44.2 Å². The highest BCUT2D eigenvalue weighted by atomic mass is 19.1. The number of anilines is 2. The number of H-pyrrole nitrogens is 1. The number of hydrogen-bond acceptors (Lipinski definition) is 6. The molecule has 3 aromatic rings. The lowest BCUT2D eigenvalue weighted by molar-refractivity contribution is -0.127. The molecule has 1 aliphatic heterocycles. The van der Waals surface area contributed by atoms with E-state index >= 15 is 4.39 Å². The fourth-order valence-corrected chi connectivity index (χ4v) is 4.69. The number of aromatic nitrogens is 4. The van der Waals surface area contributed by atoms with E-state index in [4.69, 9.17) is 0 Å². The number of carbonyl (C=O) groups excluding carboxylic acids is 1. The zero-order valence-corrected chi connectivity index (χ0v) is 21.7. The van der Waals surface area contributed by atoms with E-state index in [0.29, 0.717) is 47.4 Å². The van der Waals surface area contributed by atoms with Gasteiger partial charge in [-0.2, -0.15) is 4.39 Å². The van der Waals surface area contributed by atoms with Crippen molar-refractivity contribution in [2.75, 3.05) is 23.7 Å². The normalized spacial score (nSPS) is 17.8. The first-order chi connectivity index (χ1) is 18.3. The van der Waals surface area contributed by atoms with Crippen LogP contribution in [-0.4, -0.2) is 49.9 Å². The number of carbonyl (C=O) groups is 1. The Kier molecular flexibility index (Phi) is 7.09. The molecular weight excluding hydrogens is 481 g/mol. The lowest BCUT2D eigenvalue weighted by Crippen LogP contribution is -2.29. The van der Waals surface area contributed by atoms with Crippen LogP contribution in [0.4, 0.5) is 16.0 Å². The van der Waals surface area contributed by atoms with Crippen molar-refractivity contribution in [2.45, 2.75) is 39.2 Å². The number of halogens is 1. The van der Waals surface area contributed by atoms with E-state index in [2.05, 4.69) is 43.7 Å². The summed E-state index contributed by atoms with van der Waals surface area (Å²) in [7, 11) is 0. The van der Waals surface area contributed by atoms with Gasteiger partial charge in [0.15, 0.2) is 0 Å². The predicted octanol–water partition coefficient (Wildman–Crippen LogP) is 5.42. The molecule has 1 saturated carbocycles. The molecule has 3 N–H and O–H groups in total. The van der Waals surface area contributed by atoms with Crippen molar-refractivity contribution in [3.63, 3.8) is 0 Å². The first kappa shape index (κ1) is 25.4. The molecule has 1 saturated heterocycles. The quantitative estimate of drug-likeness (QED) is 0.261. The molecule has 0 bridgehead atoms. The molecule has 8 nitrogen and oxygen atoms in total. The van der Waals surface area contributed by atoms with Crippen LogP contribution in [-0.2, 0) is 4.79 Å². The molecule has 0 spiro atoms. The molecule has 1 amide bonds. The van der Waals surface area contributed by atoms with Crippen LogP contribution in [0.3, 0.4) is 0 Å². The first-order valence-corrected chi connectivity index (χ1v) is 12.8. The number of allylic oxidation sites excluding steroid dienone is 4. The van der Waals surface area contributed by atoms with Crippen molar-refractivity contribution in [2.24, 2.45) is 5.92 Å². The lowest BCUT2D eigenvalue weighted by Gasteiger charge is -2.16. The predicted molar refractivity (Wildman–Crippen MR) is 149 cm³/mol. The number of likely N-dealkylation sites (tertiary alicyclic amines) is 1. The van der Waals surface area contributed by atoms with Crippen molar-refractivity contribution in [3.8, 4) is 0 Å². The summed E-state index contributed by atoms with van der Waals surface area (Å²) in [5.41, 5.74) is 3.97. The average molecular weight is 514 g/mol. The first-order valence-electron chi connectivity index (χ1n) is 12.8. The molecule has 4 heterocycles. The van der Waals surface area contributed by atoms with Crippen LogP contribution in [0.25, 0.3) is 16.6 Å². The summed E-state index contributed by atoms with van der Waals surface area (Å²) in [6, 6.07) is 3.47. The fraction of sp³-hybridized carbons (Fsp3) is 0.310. The van der Waals surface area contributed by atoms with Gasteiger partial charge in [0, 0.05) is 49.1 Å². The number of rotatable bonds is 9. The molecule has 5 rings (SSSR count). The zero-order chi connectivity index (χ0) is 26.8. The molecule has 1 aliphatic carbocycles. The number of nitrogens with zero attached hydrogens (tertiary/aromatic N) is 4. The maximum absolute atomic E-state index is 15.3. The smallest absolute Gasteiger partial charge is 0.222 e. The van der Waals surface area contributed by atoms with E-state index in [-0.39, 0.29) is 17.5 Å². The number of fused-ring (bicyclic) bond motifs is 1. The van der Waals surface area contributed by atoms with Crippen LogP contribution in [0.2, 0.25) is 0 Å². The molecule has 196 valence electrons. The molecule has 2 fully saturated rings. The number of amides is 1. The second-order valence-electron chi connectivity index (χ2n) is 9.81. The molecule has 38 heavy (non-hydrogen) atoms. The van der Waals surface area contributed by atoms with E-state index in [9.17, 15) is 4.79 Å². The van der Waals surface area contributed by atoms with Gasteiger partial charge in [-0.15, -0.1) is 0 Å². The number of aromatic amines is 1. The van der Waals surface area contributed by atoms with Crippen LogP contribution >= 0.6 is 0 Å². The van der Waals surface area contributed by atoms with E-state index < -0.39 is 5.95 Å². The van der Waals surface area contributed by atoms with Gasteiger partial charge in [-0.3, -0.25) is 4.79 Å². The minimum atomic E-state index is -0.629. The van der Waals surface area contributed by atoms with Crippen molar-refractivity contribution < 1.29 is 9.18 Å². The fourth-order valence-electron chi connectivity index (χ4n) is 4.69. The minimum absolute atomic E-state index is 0.0556. The summed E-state index contributed by atoms with van der Waals surface area (Å²) in [5, 5.41) is 7.32. The van der Waals surface area contributed by atoms with Gasteiger partial charge in [0.05, 0.1) is 5.39 Å². The standard InChI is InChI=1S/C29H32FN7O/c1-5-21(9-6-17(2)20-7-8-20)34-25-11-10-23(27(30)36-25)18(3)24-14-31-28-26(24)29(33-16-32-28)35-22-12-13-37(15-22)19(4)38/h5-6,9-11,14,16,20,22H,2-3,7-8,12-13,15H2,1,4H3,(H,34,36)(H2,31,32,33,35)/b9-6-,21-5+. The molecule has 1 unspecified atom stereocenters. The Hall–Kier alpha value is -4.27. The van der Waals surface area contributed by atoms with Gasteiger partial charge in [-0.1, -0.05) is 30.9 Å². The van der Waals surface area contributed by atoms with Gasteiger partial charge in [0.2, 0.25) is 11.9 Å². The Balaban J connectivity index is 1.35. The largest absolute Gasteiger partial charge is 0.365 e. The highest BCUT2D eigenvalue weighted by Gasteiger charge is 2.26. The van der Waals surface area contributed by atoms with Gasteiger partial charge < -0.3 is 20.5 Å². The summed E-state index contributed by atoms with van der Waals surface area (Å²) in [6.45, 7) is 13.1. The minimum Gasteiger partial charge on any atom is -0.365 e. The summed E-state index contributed by atoms with van der Waals surface area (Å²) >= 11 is 0. The molecule has 0 aromatic carbocycles.